The van der Waals surface area contributed by atoms with Gasteiger partial charge in [0, 0.05) is 11.3 Å². The van der Waals surface area contributed by atoms with E-state index >= 15 is 0 Å². The second kappa shape index (κ2) is 5.11. The fourth-order valence-corrected chi connectivity index (χ4v) is 2.02. The maximum Gasteiger partial charge on any atom is 0.207 e. The van der Waals surface area contributed by atoms with Gasteiger partial charge in [-0.25, -0.2) is 0 Å². The highest BCUT2D eigenvalue weighted by molar-refractivity contribution is 9.10. The molecule has 0 N–H and O–H groups in total. The SMILES string of the molecule is COc1c(Br)ccc(CC[N+](=O)[O-])c1C. The van der Waals surface area contributed by atoms with Gasteiger partial charge in [0.05, 0.1) is 11.6 Å². The third-order valence-electron chi connectivity index (χ3n) is 2.24. The van der Waals surface area contributed by atoms with E-state index in [0.717, 1.165) is 21.3 Å². The molecule has 82 valence electrons. The fourth-order valence-electron chi connectivity index (χ4n) is 1.43. The zero-order valence-corrected chi connectivity index (χ0v) is 10.2. The van der Waals surface area contributed by atoms with Gasteiger partial charge in [-0.05, 0) is 40.0 Å². The highest BCUT2D eigenvalue weighted by Crippen LogP contribution is 2.30. The van der Waals surface area contributed by atoms with Gasteiger partial charge in [0.25, 0.3) is 0 Å². The average Bonchev–Trinajstić information content (AvgIpc) is 2.17. The number of methoxy groups -OCH3 is 1. The summed E-state index contributed by atoms with van der Waals surface area (Å²) in [5, 5.41) is 10.3. The van der Waals surface area contributed by atoms with Crippen LogP contribution in [0.5, 0.6) is 5.75 Å². The normalized spacial score (nSPS) is 10.1. The highest BCUT2D eigenvalue weighted by atomic mass is 79.9. The summed E-state index contributed by atoms with van der Waals surface area (Å²) < 4.78 is 6.07. The van der Waals surface area contributed by atoms with Crippen LogP contribution in [0.1, 0.15) is 11.1 Å². The lowest BCUT2D eigenvalue weighted by atomic mass is 10.1. The molecule has 0 radical (unpaired) electrons. The molecule has 4 nitrogen and oxygen atoms in total. The van der Waals surface area contributed by atoms with Crippen molar-refractivity contribution in [1.29, 1.82) is 0 Å². The van der Waals surface area contributed by atoms with E-state index < -0.39 is 0 Å². The van der Waals surface area contributed by atoms with Crippen molar-refractivity contribution in [2.45, 2.75) is 13.3 Å². The molecule has 5 heteroatoms. The van der Waals surface area contributed by atoms with E-state index in [9.17, 15) is 10.1 Å². The Labute approximate surface area is 96.5 Å². The minimum atomic E-state index is -0.312. The molecule has 0 heterocycles. The van der Waals surface area contributed by atoms with E-state index in [1.165, 1.54) is 0 Å². The molecule has 0 aromatic heterocycles. The van der Waals surface area contributed by atoms with Crippen LogP contribution in [0.25, 0.3) is 0 Å². The van der Waals surface area contributed by atoms with Crippen LogP contribution >= 0.6 is 15.9 Å². The Bertz CT molecular complexity index is 379. The van der Waals surface area contributed by atoms with Crippen molar-refractivity contribution < 1.29 is 9.66 Å². The zero-order valence-electron chi connectivity index (χ0n) is 8.62. The molecule has 1 aromatic rings. The lowest BCUT2D eigenvalue weighted by Gasteiger charge is -2.10. The van der Waals surface area contributed by atoms with Gasteiger partial charge in [-0.3, -0.25) is 10.1 Å². The molecule has 0 saturated heterocycles. The van der Waals surface area contributed by atoms with Crippen LogP contribution in [0, 0.1) is 17.0 Å². The summed E-state index contributed by atoms with van der Waals surface area (Å²) in [4.78, 5) is 9.96. The van der Waals surface area contributed by atoms with Crippen LogP contribution in [-0.4, -0.2) is 18.6 Å². The molecule has 1 aromatic carbocycles. The van der Waals surface area contributed by atoms with E-state index in [1.807, 2.05) is 19.1 Å². The predicted molar refractivity (Wildman–Crippen MR) is 61.0 cm³/mol. The van der Waals surface area contributed by atoms with Crippen molar-refractivity contribution in [2.24, 2.45) is 0 Å². The summed E-state index contributed by atoms with van der Waals surface area (Å²) in [6, 6.07) is 3.73. The topological polar surface area (TPSA) is 52.4 Å². The Morgan fingerprint density at radius 1 is 1.53 bits per heavy atom. The summed E-state index contributed by atoms with van der Waals surface area (Å²) in [5.74, 6) is 0.746. The van der Waals surface area contributed by atoms with Crippen LogP contribution in [-0.2, 0) is 6.42 Å². The first-order chi connectivity index (χ1) is 7.06. The standard InChI is InChI=1S/C10H12BrNO3/c1-7-8(5-6-12(13)14)3-4-9(11)10(7)15-2/h3-4H,5-6H2,1-2H3. The first kappa shape index (κ1) is 12.0. The third-order valence-corrected chi connectivity index (χ3v) is 2.86. The van der Waals surface area contributed by atoms with Crippen LogP contribution < -0.4 is 4.74 Å². The summed E-state index contributed by atoms with van der Waals surface area (Å²) in [6.07, 6.45) is 0.433. The number of benzene rings is 1. The molecule has 0 unspecified atom stereocenters. The summed E-state index contributed by atoms with van der Waals surface area (Å²) in [7, 11) is 1.59. The Morgan fingerprint density at radius 2 is 2.20 bits per heavy atom. The van der Waals surface area contributed by atoms with Gasteiger partial charge in [0.1, 0.15) is 5.75 Å². The number of ether oxygens (including phenoxy) is 1. The van der Waals surface area contributed by atoms with Crippen LogP contribution in [0.4, 0.5) is 0 Å². The van der Waals surface area contributed by atoms with E-state index in [1.54, 1.807) is 7.11 Å². The molecule has 0 spiro atoms. The second-order valence-electron chi connectivity index (χ2n) is 3.17. The molecule has 0 fully saturated rings. The number of hydrogen-bond donors (Lipinski definition) is 0. The highest BCUT2D eigenvalue weighted by Gasteiger charge is 2.10. The van der Waals surface area contributed by atoms with Crippen LogP contribution in [0.2, 0.25) is 0 Å². The van der Waals surface area contributed by atoms with Crippen molar-refractivity contribution in [2.75, 3.05) is 13.7 Å². The van der Waals surface area contributed by atoms with Gasteiger partial charge < -0.3 is 4.74 Å². The fraction of sp³-hybridized carbons (Fsp3) is 0.400. The van der Waals surface area contributed by atoms with Gasteiger partial charge >= 0.3 is 0 Å². The Hall–Kier alpha value is -1.10. The summed E-state index contributed by atoms with van der Waals surface area (Å²) >= 11 is 3.36. The summed E-state index contributed by atoms with van der Waals surface area (Å²) in [5.41, 5.74) is 1.90. The number of hydrogen-bond acceptors (Lipinski definition) is 3. The maximum absolute atomic E-state index is 10.3. The second-order valence-corrected chi connectivity index (χ2v) is 4.03. The average molecular weight is 274 g/mol. The van der Waals surface area contributed by atoms with Gasteiger partial charge in [-0.1, -0.05) is 6.07 Å². The van der Waals surface area contributed by atoms with Gasteiger partial charge in [0.15, 0.2) is 0 Å². The molecular formula is C10H12BrNO3. The Morgan fingerprint density at radius 3 is 2.73 bits per heavy atom. The van der Waals surface area contributed by atoms with Crippen LogP contribution in [0.15, 0.2) is 16.6 Å². The smallest absolute Gasteiger partial charge is 0.207 e. The van der Waals surface area contributed by atoms with Crippen molar-refractivity contribution in [1.82, 2.24) is 0 Å². The lowest BCUT2D eigenvalue weighted by Crippen LogP contribution is -2.05. The molecule has 0 amide bonds. The lowest BCUT2D eigenvalue weighted by molar-refractivity contribution is -0.479. The van der Waals surface area contributed by atoms with Gasteiger partial charge in [-0.15, -0.1) is 0 Å². The molecule has 0 saturated carbocycles. The number of rotatable bonds is 4. The van der Waals surface area contributed by atoms with E-state index in [0.29, 0.717) is 6.42 Å². The minimum absolute atomic E-state index is 0.0500. The molecule has 0 aliphatic carbocycles. The maximum atomic E-state index is 10.3. The van der Waals surface area contributed by atoms with E-state index in [-0.39, 0.29) is 11.5 Å². The first-order valence-electron chi connectivity index (χ1n) is 4.50. The molecule has 15 heavy (non-hydrogen) atoms. The van der Waals surface area contributed by atoms with Crippen molar-refractivity contribution in [3.05, 3.63) is 37.8 Å². The molecule has 0 bridgehead atoms. The number of halogens is 1. The van der Waals surface area contributed by atoms with E-state index in [4.69, 9.17) is 4.74 Å². The largest absolute Gasteiger partial charge is 0.495 e. The Kier molecular flexibility index (Phi) is 4.08. The van der Waals surface area contributed by atoms with Crippen molar-refractivity contribution in [3.63, 3.8) is 0 Å². The first-order valence-corrected chi connectivity index (χ1v) is 5.29. The van der Waals surface area contributed by atoms with Crippen molar-refractivity contribution in [3.8, 4) is 5.75 Å². The number of nitro groups is 1. The van der Waals surface area contributed by atoms with Crippen molar-refractivity contribution >= 4 is 15.9 Å². The zero-order chi connectivity index (χ0) is 11.4. The van der Waals surface area contributed by atoms with Gasteiger partial charge in [-0.2, -0.15) is 0 Å². The number of nitrogens with zero attached hydrogens (tertiary/aromatic N) is 1. The van der Waals surface area contributed by atoms with E-state index in [2.05, 4.69) is 15.9 Å². The predicted octanol–water partition coefficient (Wildman–Crippen LogP) is 2.59. The monoisotopic (exact) mass is 273 g/mol. The minimum Gasteiger partial charge on any atom is -0.495 e. The molecule has 0 aliphatic rings. The molecule has 0 atom stereocenters. The third kappa shape index (κ3) is 2.92. The molecular weight excluding hydrogens is 262 g/mol. The quantitative estimate of drug-likeness (QED) is 0.626. The molecule has 0 aliphatic heterocycles. The summed E-state index contributed by atoms with van der Waals surface area (Å²) in [6.45, 7) is 1.85. The van der Waals surface area contributed by atoms with Crippen LogP contribution in [0.3, 0.4) is 0 Å². The Balaban J connectivity index is 2.94. The van der Waals surface area contributed by atoms with Gasteiger partial charge in [0.2, 0.25) is 6.54 Å². The molecule has 1 rings (SSSR count).